The van der Waals surface area contributed by atoms with Gasteiger partial charge >= 0.3 is 0 Å². The predicted octanol–water partition coefficient (Wildman–Crippen LogP) is -0.782. The van der Waals surface area contributed by atoms with Crippen LogP contribution in [0.3, 0.4) is 0 Å². The Morgan fingerprint density at radius 3 is 1.86 bits per heavy atom. The molecule has 0 rings (SSSR count). The average molecular weight is 244 g/mol. The smallest absolute Gasteiger partial charge is 0.151 e. The Labute approximate surface area is 85.0 Å². The van der Waals surface area contributed by atoms with Crippen LogP contribution >= 0.6 is 0 Å². The summed E-state index contributed by atoms with van der Waals surface area (Å²) in [6.45, 7) is 1.29. The predicted molar refractivity (Wildman–Crippen MR) is 54.7 cm³/mol. The molecule has 5 nitrogen and oxygen atoms in total. The van der Waals surface area contributed by atoms with Crippen LogP contribution in [-0.4, -0.2) is 51.6 Å². The van der Waals surface area contributed by atoms with Crippen molar-refractivity contribution < 1.29 is 21.9 Å². The SMILES string of the molecule is CCS(=O)(=O)CCS(=O)(=O)CCCO. The zero-order valence-electron chi connectivity index (χ0n) is 8.14. The summed E-state index contributed by atoms with van der Waals surface area (Å²) in [6, 6.07) is 0. The van der Waals surface area contributed by atoms with Gasteiger partial charge in [-0.25, -0.2) is 16.8 Å². The van der Waals surface area contributed by atoms with Crippen LogP contribution in [0.5, 0.6) is 0 Å². The van der Waals surface area contributed by atoms with Crippen LogP contribution in [0, 0.1) is 0 Å². The highest BCUT2D eigenvalue weighted by molar-refractivity contribution is 7.95. The third-order valence-corrected chi connectivity index (χ3v) is 5.46. The van der Waals surface area contributed by atoms with Gasteiger partial charge in [0.1, 0.15) is 0 Å². The lowest BCUT2D eigenvalue weighted by atomic mass is 10.5. The van der Waals surface area contributed by atoms with E-state index in [2.05, 4.69) is 0 Å². The molecule has 0 aliphatic heterocycles. The van der Waals surface area contributed by atoms with Gasteiger partial charge in [-0.3, -0.25) is 0 Å². The quantitative estimate of drug-likeness (QED) is 0.634. The molecule has 0 saturated carbocycles. The van der Waals surface area contributed by atoms with Crippen LogP contribution in [0.25, 0.3) is 0 Å². The van der Waals surface area contributed by atoms with Crippen molar-refractivity contribution in [2.24, 2.45) is 0 Å². The number of hydrogen-bond acceptors (Lipinski definition) is 5. The van der Waals surface area contributed by atoms with Crippen LogP contribution in [0.4, 0.5) is 0 Å². The van der Waals surface area contributed by atoms with E-state index in [0.717, 1.165) is 0 Å². The zero-order chi connectivity index (χ0) is 11.2. The summed E-state index contributed by atoms with van der Waals surface area (Å²) in [4.78, 5) is 0. The van der Waals surface area contributed by atoms with E-state index in [0.29, 0.717) is 0 Å². The maximum Gasteiger partial charge on any atom is 0.151 e. The van der Waals surface area contributed by atoms with E-state index in [1.54, 1.807) is 0 Å². The summed E-state index contributed by atoms with van der Waals surface area (Å²) in [5.74, 6) is -0.855. The number of sulfone groups is 2. The normalized spacial score (nSPS) is 13.0. The van der Waals surface area contributed by atoms with Gasteiger partial charge in [0.2, 0.25) is 0 Å². The third-order valence-electron chi connectivity index (χ3n) is 1.76. The lowest BCUT2D eigenvalue weighted by Crippen LogP contribution is -2.21. The van der Waals surface area contributed by atoms with Crippen molar-refractivity contribution in [1.82, 2.24) is 0 Å². The first-order valence-corrected chi connectivity index (χ1v) is 7.99. The monoisotopic (exact) mass is 244 g/mol. The first kappa shape index (κ1) is 13.9. The Bertz CT molecular complexity index is 340. The van der Waals surface area contributed by atoms with Crippen LogP contribution < -0.4 is 0 Å². The molecule has 86 valence electrons. The summed E-state index contributed by atoms with van der Waals surface area (Å²) in [7, 11) is -6.55. The minimum absolute atomic E-state index is 0.0392. The van der Waals surface area contributed by atoms with Crippen LogP contribution in [0.1, 0.15) is 13.3 Å². The summed E-state index contributed by atoms with van der Waals surface area (Å²) >= 11 is 0. The van der Waals surface area contributed by atoms with E-state index >= 15 is 0 Å². The summed E-state index contributed by atoms with van der Waals surface area (Å²) in [6.07, 6.45) is 0.161. The maximum atomic E-state index is 11.2. The first-order chi connectivity index (χ1) is 6.33. The number of hydrogen-bond donors (Lipinski definition) is 1. The highest BCUT2D eigenvalue weighted by atomic mass is 32.2. The van der Waals surface area contributed by atoms with E-state index in [1.165, 1.54) is 6.92 Å². The van der Waals surface area contributed by atoms with Crippen LogP contribution in [0.2, 0.25) is 0 Å². The van der Waals surface area contributed by atoms with Gasteiger partial charge in [-0.15, -0.1) is 0 Å². The highest BCUT2D eigenvalue weighted by Gasteiger charge is 2.15. The highest BCUT2D eigenvalue weighted by Crippen LogP contribution is 1.97. The Hall–Kier alpha value is -0.140. The van der Waals surface area contributed by atoms with Crippen molar-refractivity contribution in [2.75, 3.05) is 29.6 Å². The number of rotatable bonds is 7. The third kappa shape index (κ3) is 6.33. The van der Waals surface area contributed by atoms with E-state index in [9.17, 15) is 16.8 Å². The Kier molecular flexibility index (Phi) is 5.61. The largest absolute Gasteiger partial charge is 0.396 e. The molecule has 0 heterocycles. The average Bonchev–Trinajstić information content (AvgIpc) is 2.12. The topological polar surface area (TPSA) is 88.5 Å². The molecule has 0 aromatic heterocycles. The van der Waals surface area contributed by atoms with Crippen molar-refractivity contribution >= 4 is 19.7 Å². The maximum absolute atomic E-state index is 11.2. The van der Waals surface area contributed by atoms with Crippen LogP contribution in [-0.2, 0) is 19.7 Å². The van der Waals surface area contributed by atoms with Gasteiger partial charge in [-0.2, -0.15) is 0 Å². The molecular formula is C7H16O5S2. The van der Waals surface area contributed by atoms with Crippen molar-refractivity contribution in [3.8, 4) is 0 Å². The van der Waals surface area contributed by atoms with Gasteiger partial charge in [-0.05, 0) is 6.42 Å². The second kappa shape index (κ2) is 5.67. The molecule has 0 radical (unpaired) electrons. The van der Waals surface area contributed by atoms with Gasteiger partial charge in [0, 0.05) is 12.4 Å². The van der Waals surface area contributed by atoms with Gasteiger partial charge in [0.25, 0.3) is 0 Å². The second-order valence-corrected chi connectivity index (χ2v) is 7.74. The molecule has 14 heavy (non-hydrogen) atoms. The lowest BCUT2D eigenvalue weighted by Gasteiger charge is -2.02. The molecule has 1 N–H and O–H groups in total. The Morgan fingerprint density at radius 1 is 0.929 bits per heavy atom. The Morgan fingerprint density at radius 2 is 1.43 bits per heavy atom. The van der Waals surface area contributed by atoms with E-state index in [4.69, 9.17) is 5.11 Å². The molecule has 0 saturated heterocycles. The number of aliphatic hydroxyl groups is 1. The van der Waals surface area contributed by atoms with E-state index in [-0.39, 0.29) is 36.0 Å². The number of aliphatic hydroxyl groups excluding tert-OH is 1. The first-order valence-electron chi connectivity index (χ1n) is 4.34. The van der Waals surface area contributed by atoms with Gasteiger partial charge < -0.3 is 5.11 Å². The summed E-state index contributed by atoms with van der Waals surface area (Å²) in [5.41, 5.74) is 0. The summed E-state index contributed by atoms with van der Waals surface area (Å²) in [5, 5.41) is 8.42. The fourth-order valence-corrected chi connectivity index (χ4v) is 3.88. The fraction of sp³-hybridized carbons (Fsp3) is 1.00. The van der Waals surface area contributed by atoms with Crippen molar-refractivity contribution in [3.05, 3.63) is 0 Å². The second-order valence-electron chi connectivity index (χ2n) is 2.97. The minimum Gasteiger partial charge on any atom is -0.396 e. The molecule has 0 aliphatic carbocycles. The zero-order valence-corrected chi connectivity index (χ0v) is 9.77. The van der Waals surface area contributed by atoms with Crippen molar-refractivity contribution in [2.45, 2.75) is 13.3 Å². The Balaban J connectivity index is 4.13. The molecule has 7 heteroatoms. The molecule has 0 bridgehead atoms. The van der Waals surface area contributed by atoms with Gasteiger partial charge in [0.05, 0.1) is 17.3 Å². The lowest BCUT2D eigenvalue weighted by molar-refractivity contribution is 0.295. The van der Waals surface area contributed by atoms with Gasteiger partial charge in [-0.1, -0.05) is 6.92 Å². The summed E-state index contributed by atoms with van der Waals surface area (Å²) < 4.78 is 44.4. The van der Waals surface area contributed by atoms with E-state index < -0.39 is 19.7 Å². The van der Waals surface area contributed by atoms with Crippen molar-refractivity contribution in [1.29, 1.82) is 0 Å². The van der Waals surface area contributed by atoms with E-state index in [1.807, 2.05) is 0 Å². The molecule has 0 spiro atoms. The molecule has 0 atom stereocenters. The molecule has 0 amide bonds. The van der Waals surface area contributed by atoms with Crippen LogP contribution in [0.15, 0.2) is 0 Å². The molecule has 0 aromatic carbocycles. The molecule has 0 aliphatic rings. The molecule has 0 fully saturated rings. The minimum atomic E-state index is -3.33. The molecular weight excluding hydrogens is 228 g/mol. The van der Waals surface area contributed by atoms with Crippen molar-refractivity contribution in [3.63, 3.8) is 0 Å². The fourth-order valence-electron chi connectivity index (χ4n) is 0.785. The standard InChI is InChI=1S/C7H16O5S2/c1-2-13(9,10)6-7-14(11,12)5-3-4-8/h8H,2-7H2,1H3. The molecule has 0 unspecified atom stereocenters. The van der Waals surface area contributed by atoms with Gasteiger partial charge in [0.15, 0.2) is 19.7 Å². The molecule has 0 aromatic rings.